The number of rotatable bonds is 5. The van der Waals surface area contributed by atoms with E-state index in [-0.39, 0.29) is 64.9 Å². The summed E-state index contributed by atoms with van der Waals surface area (Å²) >= 11 is 0. The number of hydrogen-bond acceptors (Lipinski definition) is 8. The highest BCUT2D eigenvalue weighted by Gasteiger charge is 2.37. The van der Waals surface area contributed by atoms with Crippen LogP contribution < -0.4 is 25.6 Å². The SMILES string of the molecule is COC1CC(N(C(N)=O)c2cc3cc(-c4cnc5c(c4C)N(C(=O)O)CCO5)c(F)c(NC(=O)OC(C)(C)C)c3cn2)C1. The standard InChI is InChI=1S/C29H33FN6O7/c1-14-19(12-33-25-24(14)35(28(39)40)6-7-42-25)18-8-15-9-21(36(26(31)37)16-10-17(11-16)41-5)32-13-20(15)23(22(18)30)34-27(38)43-29(2,3)4/h8-9,12-13,16-17H,6-7,10-11H2,1-5H3,(H2,31,37)(H,34,38)(H,39,40). The summed E-state index contributed by atoms with van der Waals surface area (Å²) in [5.41, 5.74) is 5.56. The van der Waals surface area contributed by atoms with E-state index >= 15 is 4.39 Å². The molecule has 2 aliphatic rings. The first kappa shape index (κ1) is 29.8. The molecule has 13 nitrogen and oxygen atoms in total. The summed E-state index contributed by atoms with van der Waals surface area (Å²) in [6.45, 7) is 6.87. The molecule has 0 bridgehead atoms. The fourth-order valence-corrected chi connectivity index (χ4v) is 5.34. The number of hydrogen-bond donors (Lipinski definition) is 3. The van der Waals surface area contributed by atoms with Gasteiger partial charge in [-0.15, -0.1) is 0 Å². The predicted octanol–water partition coefficient (Wildman–Crippen LogP) is 5.03. The number of carbonyl (C=O) groups is 3. The number of aromatic nitrogens is 2. The molecule has 0 radical (unpaired) electrons. The normalized spacial score (nSPS) is 17.9. The third-order valence-corrected chi connectivity index (χ3v) is 7.44. The maximum Gasteiger partial charge on any atom is 0.412 e. The summed E-state index contributed by atoms with van der Waals surface area (Å²) in [7, 11) is 1.60. The number of ether oxygens (including phenoxy) is 3. The molecular weight excluding hydrogens is 563 g/mol. The Morgan fingerprint density at radius 1 is 1.19 bits per heavy atom. The molecule has 0 atom stereocenters. The minimum Gasteiger partial charge on any atom is -0.474 e. The molecule has 4 N–H and O–H groups in total. The first-order valence-electron chi connectivity index (χ1n) is 13.7. The minimum atomic E-state index is -1.20. The summed E-state index contributed by atoms with van der Waals surface area (Å²) in [6.07, 6.45) is 1.78. The molecule has 1 saturated carbocycles. The van der Waals surface area contributed by atoms with E-state index in [1.165, 1.54) is 23.4 Å². The number of urea groups is 1. The van der Waals surface area contributed by atoms with Gasteiger partial charge in [-0.1, -0.05) is 0 Å². The van der Waals surface area contributed by atoms with Gasteiger partial charge in [0.15, 0.2) is 5.82 Å². The highest BCUT2D eigenvalue weighted by Crippen LogP contribution is 2.43. The number of fused-ring (bicyclic) bond motifs is 2. The second kappa shape index (κ2) is 11.2. The molecule has 2 aromatic heterocycles. The van der Waals surface area contributed by atoms with Crippen LogP contribution in [0.1, 0.15) is 39.2 Å². The van der Waals surface area contributed by atoms with Crippen LogP contribution in [-0.2, 0) is 9.47 Å². The van der Waals surface area contributed by atoms with Gasteiger partial charge in [0.05, 0.1) is 18.3 Å². The molecule has 14 heteroatoms. The van der Waals surface area contributed by atoms with Crippen LogP contribution in [0.25, 0.3) is 21.9 Å². The van der Waals surface area contributed by atoms with Gasteiger partial charge >= 0.3 is 18.2 Å². The van der Waals surface area contributed by atoms with Crippen molar-refractivity contribution in [3.05, 3.63) is 35.9 Å². The Balaban J connectivity index is 1.68. The van der Waals surface area contributed by atoms with Gasteiger partial charge in [-0.2, -0.15) is 0 Å². The molecule has 3 aromatic rings. The molecule has 0 spiro atoms. The zero-order valence-corrected chi connectivity index (χ0v) is 24.4. The van der Waals surface area contributed by atoms with Crippen molar-refractivity contribution in [2.75, 3.05) is 35.4 Å². The van der Waals surface area contributed by atoms with Gasteiger partial charge in [0.2, 0.25) is 5.88 Å². The molecule has 1 aliphatic heterocycles. The number of benzene rings is 1. The van der Waals surface area contributed by atoms with Crippen molar-refractivity contribution in [2.45, 2.75) is 58.3 Å². The monoisotopic (exact) mass is 596 g/mol. The van der Waals surface area contributed by atoms with Crippen LogP contribution >= 0.6 is 0 Å². The number of anilines is 3. The summed E-state index contributed by atoms with van der Waals surface area (Å²) in [5, 5.41) is 13.0. The smallest absolute Gasteiger partial charge is 0.412 e. The average molecular weight is 597 g/mol. The van der Waals surface area contributed by atoms with Crippen LogP contribution in [0, 0.1) is 12.7 Å². The molecule has 4 amide bonds. The van der Waals surface area contributed by atoms with Crippen molar-refractivity contribution >= 4 is 46.2 Å². The van der Waals surface area contributed by atoms with Crippen molar-refractivity contribution in [3.8, 4) is 17.0 Å². The molecule has 43 heavy (non-hydrogen) atoms. The number of pyridine rings is 2. The summed E-state index contributed by atoms with van der Waals surface area (Å²) < 4.78 is 32.7. The lowest BCUT2D eigenvalue weighted by Crippen LogP contribution is -2.52. The number of methoxy groups -OCH3 is 1. The van der Waals surface area contributed by atoms with Crippen molar-refractivity contribution in [3.63, 3.8) is 0 Å². The van der Waals surface area contributed by atoms with E-state index in [2.05, 4.69) is 15.3 Å². The Hall–Kier alpha value is -4.72. The number of nitrogens with one attached hydrogen (secondary N) is 1. The molecule has 3 heterocycles. The zero-order valence-electron chi connectivity index (χ0n) is 24.4. The zero-order chi connectivity index (χ0) is 31.2. The highest BCUT2D eigenvalue weighted by molar-refractivity contribution is 6.05. The van der Waals surface area contributed by atoms with E-state index in [1.807, 2.05) is 0 Å². The molecule has 0 saturated heterocycles. The Labute approximate surface area is 246 Å². The number of amides is 4. The van der Waals surface area contributed by atoms with E-state index in [0.29, 0.717) is 23.8 Å². The molecule has 228 valence electrons. The van der Waals surface area contributed by atoms with Gasteiger partial charge in [0.25, 0.3) is 0 Å². The van der Waals surface area contributed by atoms with Crippen LogP contribution in [0.3, 0.4) is 0 Å². The molecule has 5 rings (SSSR count). The lowest BCUT2D eigenvalue weighted by molar-refractivity contribution is 0.0272. The van der Waals surface area contributed by atoms with Crippen LogP contribution in [-0.4, -0.2) is 71.3 Å². The first-order chi connectivity index (χ1) is 20.3. The summed E-state index contributed by atoms with van der Waals surface area (Å²) in [4.78, 5) is 48.4. The van der Waals surface area contributed by atoms with Gasteiger partial charge in [-0.05, 0) is 63.6 Å². The van der Waals surface area contributed by atoms with Crippen molar-refractivity contribution in [1.29, 1.82) is 0 Å². The van der Waals surface area contributed by atoms with Crippen LogP contribution in [0.15, 0.2) is 24.5 Å². The molecule has 1 aromatic carbocycles. The van der Waals surface area contributed by atoms with E-state index in [9.17, 15) is 19.5 Å². The van der Waals surface area contributed by atoms with E-state index in [0.717, 1.165) is 4.90 Å². The number of nitrogens with zero attached hydrogens (tertiary/aromatic N) is 4. The maximum atomic E-state index is 16.4. The summed E-state index contributed by atoms with van der Waals surface area (Å²) in [6, 6.07) is 2.17. The van der Waals surface area contributed by atoms with Crippen molar-refractivity contribution in [2.24, 2.45) is 5.73 Å². The minimum absolute atomic E-state index is 0.00790. The second-order valence-electron chi connectivity index (χ2n) is 11.4. The Morgan fingerprint density at radius 2 is 1.91 bits per heavy atom. The van der Waals surface area contributed by atoms with Gasteiger partial charge in [0, 0.05) is 42.1 Å². The van der Waals surface area contributed by atoms with E-state index in [4.69, 9.17) is 19.9 Å². The Morgan fingerprint density at radius 3 is 2.53 bits per heavy atom. The molecule has 0 unspecified atom stereocenters. The quantitative estimate of drug-likeness (QED) is 0.366. The van der Waals surface area contributed by atoms with Crippen molar-refractivity contribution < 1.29 is 38.1 Å². The lowest BCUT2D eigenvalue weighted by atomic mass is 9.88. The number of carbonyl (C=O) groups excluding carboxylic acids is 2. The molecule has 1 fully saturated rings. The van der Waals surface area contributed by atoms with Crippen molar-refractivity contribution in [1.82, 2.24) is 9.97 Å². The number of carboxylic acid groups (broad SMARTS) is 1. The van der Waals surface area contributed by atoms with E-state index in [1.54, 1.807) is 40.9 Å². The van der Waals surface area contributed by atoms with Gasteiger partial charge in [-0.3, -0.25) is 15.1 Å². The van der Waals surface area contributed by atoms with Crippen LogP contribution in [0.5, 0.6) is 5.88 Å². The number of nitrogens with two attached hydrogens (primary N) is 1. The average Bonchev–Trinajstić information content (AvgIpc) is 2.90. The summed E-state index contributed by atoms with van der Waals surface area (Å²) in [5.74, 6) is -0.460. The van der Waals surface area contributed by atoms with Gasteiger partial charge in [0.1, 0.15) is 23.7 Å². The van der Waals surface area contributed by atoms with E-state index < -0.39 is 29.6 Å². The second-order valence-corrected chi connectivity index (χ2v) is 11.4. The third kappa shape index (κ3) is 5.69. The molecular formula is C29H33FN6O7. The number of halogens is 1. The fraction of sp³-hybridized carbons (Fsp3) is 0.414. The number of primary amides is 1. The molecule has 1 aliphatic carbocycles. The highest BCUT2D eigenvalue weighted by atomic mass is 19.1. The maximum absolute atomic E-state index is 16.4. The predicted molar refractivity (Wildman–Crippen MR) is 156 cm³/mol. The van der Waals surface area contributed by atoms with Crippen LogP contribution in [0.2, 0.25) is 0 Å². The lowest BCUT2D eigenvalue weighted by Gasteiger charge is -2.40. The third-order valence-electron chi connectivity index (χ3n) is 7.44. The van der Waals surface area contributed by atoms with Gasteiger partial charge in [-0.25, -0.2) is 28.7 Å². The Bertz CT molecular complexity index is 1620. The topological polar surface area (TPSA) is 169 Å². The Kier molecular flexibility index (Phi) is 7.73. The van der Waals surface area contributed by atoms with Gasteiger partial charge < -0.3 is 25.1 Å². The van der Waals surface area contributed by atoms with Crippen LogP contribution in [0.4, 0.5) is 36.0 Å². The first-order valence-corrected chi connectivity index (χ1v) is 13.7. The largest absolute Gasteiger partial charge is 0.474 e. The fourth-order valence-electron chi connectivity index (χ4n) is 5.34.